The second kappa shape index (κ2) is 2.12. The molecule has 1 heterocycles. The summed E-state index contributed by atoms with van der Waals surface area (Å²) in [6.45, 7) is 0.400. The van der Waals surface area contributed by atoms with Crippen molar-refractivity contribution in [3.8, 4) is 0 Å². The summed E-state index contributed by atoms with van der Waals surface area (Å²) in [7, 11) is 0. The zero-order valence-electron chi connectivity index (χ0n) is 6.30. The molecule has 0 radical (unpaired) electrons. The van der Waals surface area contributed by atoms with Gasteiger partial charge >= 0.3 is 12.1 Å². The van der Waals surface area contributed by atoms with E-state index in [4.69, 9.17) is 10.2 Å². The number of nitrogens with zero attached hydrogens (tertiary/aromatic N) is 1. The lowest BCUT2D eigenvalue weighted by Crippen LogP contribution is -2.42. The maximum atomic E-state index is 10.6. The van der Waals surface area contributed by atoms with Crippen molar-refractivity contribution in [1.29, 1.82) is 0 Å². The van der Waals surface area contributed by atoms with E-state index in [-0.39, 0.29) is 5.92 Å². The Morgan fingerprint density at radius 3 is 2.42 bits per heavy atom. The number of hydrogen-bond donors (Lipinski definition) is 2. The highest BCUT2D eigenvalue weighted by Crippen LogP contribution is 2.49. The molecule has 0 aromatic carbocycles. The van der Waals surface area contributed by atoms with Crippen molar-refractivity contribution >= 4 is 12.1 Å². The van der Waals surface area contributed by atoms with E-state index < -0.39 is 18.1 Å². The second-order valence-corrected chi connectivity index (χ2v) is 3.38. The maximum absolute atomic E-state index is 10.6. The fourth-order valence-electron chi connectivity index (χ4n) is 1.98. The van der Waals surface area contributed by atoms with E-state index in [0.29, 0.717) is 12.5 Å². The van der Waals surface area contributed by atoms with Gasteiger partial charge in [0.15, 0.2) is 0 Å². The largest absolute Gasteiger partial charge is 0.480 e. The summed E-state index contributed by atoms with van der Waals surface area (Å²) >= 11 is 0. The molecule has 1 aliphatic heterocycles. The third-order valence-corrected chi connectivity index (χ3v) is 2.65. The van der Waals surface area contributed by atoms with Gasteiger partial charge in [0.1, 0.15) is 6.04 Å². The van der Waals surface area contributed by atoms with Gasteiger partial charge in [0, 0.05) is 6.54 Å². The molecular weight excluding hydrogens is 162 g/mol. The summed E-state index contributed by atoms with van der Waals surface area (Å²) in [5, 5.41) is 17.4. The van der Waals surface area contributed by atoms with Crippen LogP contribution in [0.25, 0.3) is 0 Å². The van der Waals surface area contributed by atoms with Crippen molar-refractivity contribution < 1.29 is 19.8 Å². The molecule has 12 heavy (non-hydrogen) atoms. The van der Waals surface area contributed by atoms with Crippen LogP contribution < -0.4 is 0 Å². The van der Waals surface area contributed by atoms with Crippen LogP contribution in [0.5, 0.6) is 0 Å². The van der Waals surface area contributed by atoms with Crippen molar-refractivity contribution in [1.82, 2.24) is 4.90 Å². The fourth-order valence-corrected chi connectivity index (χ4v) is 1.98. The number of carboxylic acid groups (broad SMARTS) is 2. The molecular formula is C7H9NO4. The smallest absolute Gasteiger partial charge is 0.408 e. The van der Waals surface area contributed by atoms with E-state index >= 15 is 0 Å². The van der Waals surface area contributed by atoms with Gasteiger partial charge in [0.05, 0.1) is 0 Å². The lowest BCUT2D eigenvalue weighted by Gasteiger charge is -2.20. The predicted octanol–water partition coefficient (Wildman–Crippen LogP) is 0.0693. The first-order valence-corrected chi connectivity index (χ1v) is 3.83. The van der Waals surface area contributed by atoms with Crippen LogP contribution in [0.15, 0.2) is 0 Å². The first-order chi connectivity index (χ1) is 5.61. The molecule has 2 N–H and O–H groups in total. The molecule has 0 aromatic rings. The Morgan fingerprint density at radius 1 is 1.33 bits per heavy atom. The summed E-state index contributed by atoms with van der Waals surface area (Å²) in [6, 6.07) is -0.785. The van der Waals surface area contributed by atoms with E-state index in [2.05, 4.69) is 0 Å². The minimum absolute atomic E-state index is 0.0820. The highest BCUT2D eigenvalue weighted by molar-refractivity contribution is 5.81. The van der Waals surface area contributed by atoms with Gasteiger partial charge in [-0.1, -0.05) is 0 Å². The third-order valence-electron chi connectivity index (χ3n) is 2.65. The molecule has 5 nitrogen and oxygen atoms in total. The van der Waals surface area contributed by atoms with Crippen LogP contribution in [0.1, 0.15) is 6.42 Å². The van der Waals surface area contributed by atoms with Crippen molar-refractivity contribution in [2.24, 2.45) is 11.8 Å². The summed E-state index contributed by atoms with van der Waals surface area (Å²) in [5.74, 6) is -0.622. The van der Waals surface area contributed by atoms with Crippen LogP contribution in [0.4, 0.5) is 4.79 Å². The molecule has 1 saturated heterocycles. The summed E-state index contributed by atoms with van der Waals surface area (Å²) < 4.78 is 0. The molecule has 3 atom stereocenters. The average Bonchev–Trinajstić information content (AvgIpc) is 2.60. The Balaban J connectivity index is 2.16. The van der Waals surface area contributed by atoms with Crippen LogP contribution >= 0.6 is 0 Å². The van der Waals surface area contributed by atoms with Gasteiger partial charge in [0.2, 0.25) is 0 Å². The fraction of sp³-hybridized carbons (Fsp3) is 0.714. The molecule has 0 spiro atoms. The minimum atomic E-state index is -1.12. The first-order valence-electron chi connectivity index (χ1n) is 3.83. The van der Waals surface area contributed by atoms with Crippen LogP contribution in [0.3, 0.4) is 0 Å². The third kappa shape index (κ3) is 0.855. The number of hydrogen-bond acceptors (Lipinski definition) is 2. The number of aliphatic carboxylic acids is 1. The van der Waals surface area contributed by atoms with E-state index in [9.17, 15) is 9.59 Å². The second-order valence-electron chi connectivity index (χ2n) is 3.38. The highest BCUT2D eigenvalue weighted by atomic mass is 16.4. The number of fused-ring (bicyclic) bond motifs is 1. The number of carboxylic acids is 1. The Kier molecular flexibility index (Phi) is 1.31. The molecule has 1 aliphatic carbocycles. The number of piperidine rings is 1. The molecule has 1 saturated carbocycles. The molecule has 1 amide bonds. The lowest BCUT2D eigenvalue weighted by atomic mass is 10.2. The monoisotopic (exact) mass is 171 g/mol. The highest BCUT2D eigenvalue weighted by Gasteiger charge is 2.57. The standard InChI is InChI=1S/C7H9NO4/c9-6(10)5-4-1-3(4)2-8(5)7(11)12/h3-5H,1-2H2,(H,9,10)(H,11,12)/t3-,4-,5-/m1/s1. The normalized spacial score (nSPS) is 37.7. The van der Waals surface area contributed by atoms with Gasteiger partial charge in [-0.05, 0) is 18.3 Å². The Labute approximate surface area is 68.6 Å². The van der Waals surface area contributed by atoms with Gasteiger partial charge in [-0.3, -0.25) is 4.90 Å². The van der Waals surface area contributed by atoms with Gasteiger partial charge in [-0.2, -0.15) is 0 Å². The van der Waals surface area contributed by atoms with Crippen LogP contribution in [-0.2, 0) is 4.79 Å². The molecule has 0 unspecified atom stereocenters. The van der Waals surface area contributed by atoms with E-state index in [1.165, 1.54) is 0 Å². The van der Waals surface area contributed by atoms with Crippen molar-refractivity contribution in [2.45, 2.75) is 12.5 Å². The number of rotatable bonds is 1. The molecule has 2 fully saturated rings. The number of carbonyl (C=O) groups is 2. The average molecular weight is 171 g/mol. The summed E-state index contributed by atoms with van der Waals surface area (Å²) in [6.07, 6.45) is -0.240. The quantitative estimate of drug-likeness (QED) is 0.585. The summed E-state index contributed by atoms with van der Waals surface area (Å²) in [5.41, 5.74) is 0. The Hall–Kier alpha value is -1.26. The lowest BCUT2D eigenvalue weighted by molar-refractivity contribution is -0.142. The van der Waals surface area contributed by atoms with Gasteiger partial charge in [0.25, 0.3) is 0 Å². The first kappa shape index (κ1) is 7.39. The van der Waals surface area contributed by atoms with Crippen LogP contribution in [0, 0.1) is 11.8 Å². The van der Waals surface area contributed by atoms with Gasteiger partial charge < -0.3 is 10.2 Å². The van der Waals surface area contributed by atoms with Crippen LogP contribution in [0.2, 0.25) is 0 Å². The molecule has 66 valence electrons. The number of likely N-dealkylation sites (tertiary alicyclic amines) is 1. The van der Waals surface area contributed by atoms with Crippen molar-refractivity contribution in [3.63, 3.8) is 0 Å². The van der Waals surface area contributed by atoms with Gasteiger partial charge in [-0.15, -0.1) is 0 Å². The molecule has 0 aromatic heterocycles. The number of amides is 1. The van der Waals surface area contributed by atoms with Crippen molar-refractivity contribution in [2.75, 3.05) is 6.54 Å². The zero-order valence-corrected chi connectivity index (χ0v) is 6.30. The summed E-state index contributed by atoms with van der Waals surface area (Å²) in [4.78, 5) is 22.2. The zero-order chi connectivity index (χ0) is 8.88. The van der Waals surface area contributed by atoms with Gasteiger partial charge in [-0.25, -0.2) is 9.59 Å². The maximum Gasteiger partial charge on any atom is 0.408 e. The Bertz CT molecular complexity index is 252. The SMILES string of the molecule is O=C(O)[C@H]1[C@@H]2C[C@@H]2CN1C(=O)O. The minimum Gasteiger partial charge on any atom is -0.480 e. The van der Waals surface area contributed by atoms with Crippen molar-refractivity contribution in [3.05, 3.63) is 0 Å². The van der Waals surface area contributed by atoms with Crippen LogP contribution in [-0.4, -0.2) is 39.8 Å². The molecule has 2 rings (SSSR count). The predicted molar refractivity (Wildman–Crippen MR) is 37.8 cm³/mol. The van der Waals surface area contributed by atoms with E-state index in [1.54, 1.807) is 0 Å². The van der Waals surface area contributed by atoms with E-state index in [1.807, 2.05) is 0 Å². The van der Waals surface area contributed by atoms with E-state index in [0.717, 1.165) is 11.3 Å². The Morgan fingerprint density at radius 2 is 2.00 bits per heavy atom. The molecule has 0 bridgehead atoms. The molecule has 5 heteroatoms. The topological polar surface area (TPSA) is 77.8 Å². The molecule has 2 aliphatic rings.